The Bertz CT molecular complexity index is 1410. The molecule has 3 amide bonds. The molecule has 1 aromatic heterocycles. The molecule has 2 aromatic carbocycles. The largest absolute Gasteiger partial charge is 0.508 e. The number of hydrogen-bond donors (Lipinski definition) is 9. The Kier molecular flexibility index (Phi) is 10.4. The van der Waals surface area contributed by atoms with E-state index >= 15 is 0 Å². The molecule has 0 aliphatic heterocycles. The Morgan fingerprint density at radius 2 is 1.41 bits per heavy atom. The first-order valence-electron chi connectivity index (χ1n) is 12.5. The summed E-state index contributed by atoms with van der Waals surface area (Å²) in [5.41, 5.74) is 8.34. The summed E-state index contributed by atoms with van der Waals surface area (Å²) >= 11 is 0. The second kappa shape index (κ2) is 13.9. The van der Waals surface area contributed by atoms with Crippen molar-refractivity contribution in [2.75, 3.05) is 6.61 Å². The molecule has 0 bridgehead atoms. The number of carboxylic acids is 2. The molecule has 3 rings (SSSR count). The molecule has 0 saturated heterocycles. The highest BCUT2D eigenvalue weighted by molar-refractivity contribution is 5.95. The van der Waals surface area contributed by atoms with Gasteiger partial charge in [0, 0.05) is 23.5 Å². The number of aliphatic hydroxyl groups excluding tert-OH is 1. The molecule has 41 heavy (non-hydrogen) atoms. The number of aliphatic carboxylic acids is 2. The number of H-pyrrole nitrogens is 1. The molecule has 0 aliphatic rings. The third kappa shape index (κ3) is 8.52. The summed E-state index contributed by atoms with van der Waals surface area (Å²) < 4.78 is 0. The minimum absolute atomic E-state index is 0.0223. The average molecular weight is 570 g/mol. The van der Waals surface area contributed by atoms with Crippen LogP contribution in [0.1, 0.15) is 17.5 Å². The highest BCUT2D eigenvalue weighted by Crippen LogP contribution is 2.19. The molecule has 4 atom stereocenters. The van der Waals surface area contributed by atoms with Crippen LogP contribution in [0.2, 0.25) is 0 Å². The number of aliphatic hydroxyl groups is 1. The van der Waals surface area contributed by atoms with Gasteiger partial charge in [0.05, 0.1) is 19.1 Å². The summed E-state index contributed by atoms with van der Waals surface area (Å²) in [6.07, 6.45) is 0.859. The highest BCUT2D eigenvalue weighted by atomic mass is 16.4. The summed E-state index contributed by atoms with van der Waals surface area (Å²) in [7, 11) is 0. The molecule has 0 fully saturated rings. The lowest BCUT2D eigenvalue weighted by atomic mass is 10.0. The van der Waals surface area contributed by atoms with Gasteiger partial charge in [0.2, 0.25) is 17.7 Å². The minimum Gasteiger partial charge on any atom is -0.508 e. The van der Waals surface area contributed by atoms with Gasteiger partial charge in [0.1, 0.15) is 23.9 Å². The van der Waals surface area contributed by atoms with E-state index in [9.17, 15) is 39.3 Å². The second-order valence-corrected chi connectivity index (χ2v) is 9.34. The van der Waals surface area contributed by atoms with Crippen LogP contribution in [0.5, 0.6) is 5.75 Å². The maximum Gasteiger partial charge on any atom is 0.326 e. The number of aromatic nitrogens is 1. The van der Waals surface area contributed by atoms with E-state index in [0.29, 0.717) is 5.56 Å². The summed E-state index contributed by atoms with van der Waals surface area (Å²) in [6, 6.07) is 7.44. The molecule has 0 radical (unpaired) electrons. The fraction of sp³-hybridized carbons (Fsp3) is 0.296. The van der Waals surface area contributed by atoms with Gasteiger partial charge in [0.15, 0.2) is 0 Å². The van der Waals surface area contributed by atoms with Crippen LogP contribution >= 0.6 is 0 Å². The monoisotopic (exact) mass is 569 g/mol. The lowest BCUT2D eigenvalue weighted by Gasteiger charge is -2.24. The molecule has 10 N–H and O–H groups in total. The smallest absolute Gasteiger partial charge is 0.326 e. The normalized spacial score (nSPS) is 13.9. The number of benzene rings is 2. The van der Waals surface area contributed by atoms with E-state index in [4.69, 9.17) is 10.8 Å². The number of carbonyl (C=O) groups excluding carboxylic acids is 3. The number of nitrogens with one attached hydrogen (secondary N) is 4. The number of amides is 3. The number of rotatable bonds is 14. The van der Waals surface area contributed by atoms with Crippen molar-refractivity contribution in [2.45, 2.75) is 43.4 Å². The van der Waals surface area contributed by atoms with E-state index in [1.807, 2.05) is 29.6 Å². The van der Waals surface area contributed by atoms with Crippen molar-refractivity contribution in [3.63, 3.8) is 0 Å². The van der Waals surface area contributed by atoms with Crippen LogP contribution < -0.4 is 21.7 Å². The zero-order chi connectivity index (χ0) is 30.1. The first-order valence-corrected chi connectivity index (χ1v) is 12.5. The summed E-state index contributed by atoms with van der Waals surface area (Å²) in [5.74, 6) is -5.84. The van der Waals surface area contributed by atoms with Gasteiger partial charge >= 0.3 is 11.9 Å². The number of aromatic amines is 1. The molecule has 14 heteroatoms. The number of carboxylic acid groups (broad SMARTS) is 2. The summed E-state index contributed by atoms with van der Waals surface area (Å²) in [6.45, 7) is -0.947. The van der Waals surface area contributed by atoms with Crippen LogP contribution in [0.15, 0.2) is 54.7 Å². The fourth-order valence-electron chi connectivity index (χ4n) is 4.10. The number of para-hydroxylation sites is 1. The molecule has 0 saturated carbocycles. The summed E-state index contributed by atoms with van der Waals surface area (Å²) in [5, 5.41) is 45.0. The predicted octanol–water partition coefficient (Wildman–Crippen LogP) is -1.01. The van der Waals surface area contributed by atoms with E-state index < -0.39 is 66.9 Å². The van der Waals surface area contributed by atoms with Crippen LogP contribution in [0, 0.1) is 0 Å². The van der Waals surface area contributed by atoms with E-state index in [1.54, 1.807) is 6.20 Å². The quantitative estimate of drug-likeness (QED) is 0.114. The van der Waals surface area contributed by atoms with Crippen molar-refractivity contribution in [1.82, 2.24) is 20.9 Å². The maximum atomic E-state index is 13.2. The number of fused-ring (bicyclic) bond motifs is 1. The van der Waals surface area contributed by atoms with Gasteiger partial charge in [-0.05, 0) is 35.7 Å². The van der Waals surface area contributed by atoms with Crippen molar-refractivity contribution in [2.24, 2.45) is 5.73 Å². The van der Waals surface area contributed by atoms with Crippen LogP contribution in [-0.4, -0.2) is 85.8 Å². The number of phenols is 1. The Morgan fingerprint density at radius 3 is 2.05 bits per heavy atom. The topological polar surface area (TPSA) is 244 Å². The average Bonchev–Trinajstić information content (AvgIpc) is 3.34. The SMILES string of the molecule is NC(Cc1c[nH]c2ccccc12)C(=O)NC(Cc1ccc(O)cc1)C(=O)NC(CO)C(=O)NC(CC(=O)O)C(=O)O. The Hall–Kier alpha value is -4.95. The molecule has 3 aromatic rings. The first-order chi connectivity index (χ1) is 19.5. The Balaban J connectivity index is 1.74. The van der Waals surface area contributed by atoms with Gasteiger partial charge in [-0.2, -0.15) is 0 Å². The van der Waals surface area contributed by atoms with Crippen molar-refractivity contribution in [1.29, 1.82) is 0 Å². The van der Waals surface area contributed by atoms with E-state index in [-0.39, 0.29) is 18.6 Å². The van der Waals surface area contributed by atoms with Gasteiger partial charge in [-0.25, -0.2) is 4.79 Å². The van der Waals surface area contributed by atoms with Gasteiger partial charge in [0.25, 0.3) is 0 Å². The molecular formula is C27H31N5O9. The zero-order valence-electron chi connectivity index (χ0n) is 21.7. The van der Waals surface area contributed by atoms with Crippen molar-refractivity contribution >= 4 is 40.6 Å². The number of aromatic hydroxyl groups is 1. The molecule has 14 nitrogen and oxygen atoms in total. The van der Waals surface area contributed by atoms with Gasteiger partial charge < -0.3 is 47.1 Å². The van der Waals surface area contributed by atoms with Crippen LogP contribution in [-0.2, 0) is 36.8 Å². The summed E-state index contributed by atoms with van der Waals surface area (Å²) in [4.78, 5) is 64.1. The molecule has 4 unspecified atom stereocenters. The van der Waals surface area contributed by atoms with Crippen LogP contribution in [0.4, 0.5) is 0 Å². The van der Waals surface area contributed by atoms with Crippen molar-refractivity contribution in [3.8, 4) is 5.75 Å². The number of nitrogens with two attached hydrogens (primary N) is 1. The third-order valence-corrected chi connectivity index (χ3v) is 6.27. The lowest BCUT2D eigenvalue weighted by molar-refractivity contribution is -0.147. The zero-order valence-corrected chi connectivity index (χ0v) is 21.7. The molecule has 218 valence electrons. The standard InChI is InChI=1S/C27H31N5O9/c28-18(10-15-12-29-19-4-2-1-3-17(15)19)24(37)30-20(9-14-5-7-16(34)8-6-14)25(38)32-22(13-33)26(39)31-21(27(40)41)11-23(35)36/h1-8,12,18,20-22,29,33-34H,9-11,13,28H2,(H,30,37)(H,31,39)(H,32,38)(H,35,36)(H,40,41). The second-order valence-electron chi connectivity index (χ2n) is 9.34. The Labute approximate surface area is 233 Å². The Morgan fingerprint density at radius 1 is 0.805 bits per heavy atom. The fourth-order valence-corrected chi connectivity index (χ4v) is 4.10. The van der Waals surface area contributed by atoms with E-state index in [1.165, 1.54) is 24.3 Å². The maximum absolute atomic E-state index is 13.2. The van der Waals surface area contributed by atoms with Crippen LogP contribution in [0.25, 0.3) is 10.9 Å². The minimum atomic E-state index is -1.80. The molecule has 1 heterocycles. The van der Waals surface area contributed by atoms with Crippen LogP contribution in [0.3, 0.4) is 0 Å². The molecule has 0 aliphatic carbocycles. The number of hydrogen-bond acceptors (Lipinski definition) is 8. The predicted molar refractivity (Wildman–Crippen MR) is 145 cm³/mol. The molecule has 0 spiro atoms. The van der Waals surface area contributed by atoms with Gasteiger partial charge in [-0.3, -0.25) is 19.2 Å². The highest BCUT2D eigenvalue weighted by Gasteiger charge is 2.31. The van der Waals surface area contributed by atoms with Crippen molar-refractivity contribution < 1.29 is 44.4 Å². The number of carbonyl (C=O) groups is 5. The van der Waals surface area contributed by atoms with Crippen molar-refractivity contribution in [3.05, 3.63) is 65.9 Å². The van der Waals surface area contributed by atoms with E-state index in [0.717, 1.165) is 16.5 Å². The first kappa shape index (κ1) is 30.6. The van der Waals surface area contributed by atoms with Gasteiger partial charge in [-0.15, -0.1) is 0 Å². The third-order valence-electron chi connectivity index (χ3n) is 6.27. The van der Waals surface area contributed by atoms with E-state index in [2.05, 4.69) is 15.6 Å². The molecular weight excluding hydrogens is 538 g/mol. The lowest BCUT2D eigenvalue weighted by Crippen LogP contribution is -2.58. The number of phenolic OH excluding ortho intramolecular Hbond substituents is 1. The van der Waals surface area contributed by atoms with Gasteiger partial charge in [-0.1, -0.05) is 30.3 Å².